The number of carbonyl (C=O) groups excluding carboxylic acids is 2. The Morgan fingerprint density at radius 3 is 1.98 bits per heavy atom. The van der Waals surface area contributed by atoms with E-state index in [1.54, 1.807) is 6.07 Å². The molecule has 0 atom stereocenters. The number of carbonyl (C=O) groups is 2. The number of rotatable bonds is 8. The summed E-state index contributed by atoms with van der Waals surface area (Å²) in [7, 11) is 0. The lowest BCUT2D eigenvalue weighted by Crippen LogP contribution is -2.35. The van der Waals surface area contributed by atoms with Gasteiger partial charge < -0.3 is 30.0 Å². The molecule has 0 aliphatic rings. The molecule has 0 radical (unpaired) electrons. The zero-order valence-electron chi connectivity index (χ0n) is 25.2. The molecule has 1 aromatic heterocycles. The number of anilines is 1. The SMILES string of the molecule is CC(C)(C)OC(=O)NCCNc1cc2c(cc1-c1ccc(Cl)c(Cl)c1)c1cc(Cl)ccc1n2CCNC(=O)OC(C)(C)C. The fourth-order valence-electron chi connectivity index (χ4n) is 4.67. The Morgan fingerprint density at radius 2 is 1.35 bits per heavy atom. The van der Waals surface area contributed by atoms with Gasteiger partial charge in [-0.3, -0.25) is 0 Å². The molecule has 4 aromatic rings. The lowest BCUT2D eigenvalue weighted by molar-refractivity contribution is 0.0516. The van der Waals surface area contributed by atoms with Gasteiger partial charge in [-0.1, -0.05) is 40.9 Å². The Morgan fingerprint density at radius 1 is 0.721 bits per heavy atom. The van der Waals surface area contributed by atoms with Gasteiger partial charge in [-0.15, -0.1) is 0 Å². The lowest BCUT2D eigenvalue weighted by atomic mass is 10.00. The summed E-state index contributed by atoms with van der Waals surface area (Å²) in [6.45, 7) is 12.6. The summed E-state index contributed by atoms with van der Waals surface area (Å²) >= 11 is 19.1. The number of hydrogen-bond donors (Lipinski definition) is 3. The second kappa shape index (κ2) is 13.1. The first-order chi connectivity index (χ1) is 20.1. The molecule has 3 N–H and O–H groups in total. The van der Waals surface area contributed by atoms with Crippen LogP contribution in [0.25, 0.3) is 32.9 Å². The van der Waals surface area contributed by atoms with Crippen LogP contribution in [0.15, 0.2) is 48.5 Å². The minimum absolute atomic E-state index is 0.339. The predicted molar refractivity (Wildman–Crippen MR) is 177 cm³/mol. The molecule has 0 aliphatic carbocycles. The quantitative estimate of drug-likeness (QED) is 0.166. The molecule has 0 aliphatic heterocycles. The number of nitrogens with zero attached hydrogens (tertiary/aromatic N) is 1. The van der Waals surface area contributed by atoms with E-state index >= 15 is 0 Å². The van der Waals surface area contributed by atoms with Crippen LogP contribution in [0.3, 0.4) is 0 Å². The van der Waals surface area contributed by atoms with E-state index in [-0.39, 0.29) is 0 Å². The number of ether oxygens (including phenoxy) is 2. The molecule has 8 nitrogen and oxygen atoms in total. The van der Waals surface area contributed by atoms with Crippen molar-refractivity contribution in [1.82, 2.24) is 15.2 Å². The fraction of sp³-hybridized carbons (Fsp3) is 0.375. The Balaban J connectivity index is 1.72. The molecule has 0 saturated heterocycles. The zero-order valence-corrected chi connectivity index (χ0v) is 27.4. The summed E-state index contributed by atoms with van der Waals surface area (Å²) in [6.07, 6.45) is -0.956. The second-order valence-electron chi connectivity index (χ2n) is 12.1. The van der Waals surface area contributed by atoms with Crippen molar-refractivity contribution in [2.75, 3.05) is 25.0 Å². The first kappa shape index (κ1) is 32.6. The van der Waals surface area contributed by atoms with Crippen molar-refractivity contribution in [3.8, 4) is 11.1 Å². The molecule has 43 heavy (non-hydrogen) atoms. The van der Waals surface area contributed by atoms with Gasteiger partial charge in [0.05, 0.1) is 15.6 Å². The van der Waals surface area contributed by atoms with Crippen molar-refractivity contribution in [2.24, 2.45) is 0 Å². The fourth-order valence-corrected chi connectivity index (χ4v) is 5.14. The molecule has 3 aromatic carbocycles. The van der Waals surface area contributed by atoms with E-state index in [0.29, 0.717) is 41.2 Å². The lowest BCUT2D eigenvalue weighted by Gasteiger charge is -2.20. The van der Waals surface area contributed by atoms with E-state index in [4.69, 9.17) is 44.3 Å². The molecular formula is C32H37Cl3N4O4. The van der Waals surface area contributed by atoms with Crippen molar-refractivity contribution in [3.63, 3.8) is 0 Å². The minimum atomic E-state index is -0.590. The monoisotopic (exact) mass is 646 g/mol. The Kier molecular flexibility index (Phi) is 9.94. The highest BCUT2D eigenvalue weighted by Crippen LogP contribution is 2.39. The molecule has 0 spiro atoms. The van der Waals surface area contributed by atoms with Crippen LogP contribution in [0.4, 0.5) is 15.3 Å². The molecule has 0 bridgehead atoms. The topological polar surface area (TPSA) is 93.6 Å². The third kappa shape index (κ3) is 8.62. The number of nitrogens with one attached hydrogen (secondary N) is 3. The van der Waals surface area contributed by atoms with E-state index in [0.717, 1.165) is 38.6 Å². The highest BCUT2D eigenvalue weighted by Gasteiger charge is 2.19. The maximum atomic E-state index is 12.3. The molecule has 2 amide bonds. The highest BCUT2D eigenvalue weighted by molar-refractivity contribution is 6.42. The highest BCUT2D eigenvalue weighted by atomic mass is 35.5. The number of aromatic nitrogens is 1. The second-order valence-corrected chi connectivity index (χ2v) is 13.4. The number of benzene rings is 3. The maximum absolute atomic E-state index is 12.3. The third-order valence-corrected chi connectivity index (χ3v) is 7.28. The van der Waals surface area contributed by atoms with Crippen LogP contribution in [-0.2, 0) is 16.0 Å². The van der Waals surface area contributed by atoms with Crippen LogP contribution in [-0.4, -0.2) is 47.6 Å². The number of alkyl carbamates (subject to hydrolysis) is 2. The summed E-state index contributed by atoms with van der Waals surface area (Å²) in [5.41, 5.74) is 3.32. The summed E-state index contributed by atoms with van der Waals surface area (Å²) < 4.78 is 12.9. The molecule has 0 saturated carbocycles. The van der Waals surface area contributed by atoms with Gasteiger partial charge in [0.1, 0.15) is 11.2 Å². The van der Waals surface area contributed by atoms with E-state index < -0.39 is 23.4 Å². The minimum Gasteiger partial charge on any atom is -0.444 e. The summed E-state index contributed by atoms with van der Waals surface area (Å²) in [6, 6.07) is 15.4. The molecule has 1 heterocycles. The number of halogens is 3. The largest absolute Gasteiger partial charge is 0.444 e. The van der Waals surface area contributed by atoms with Gasteiger partial charge >= 0.3 is 12.2 Å². The van der Waals surface area contributed by atoms with Crippen molar-refractivity contribution in [3.05, 3.63) is 63.6 Å². The van der Waals surface area contributed by atoms with Gasteiger partial charge in [0.2, 0.25) is 0 Å². The van der Waals surface area contributed by atoms with Crippen LogP contribution in [0.5, 0.6) is 0 Å². The molecular weight excluding hydrogens is 611 g/mol. The average Bonchev–Trinajstić information content (AvgIpc) is 3.17. The smallest absolute Gasteiger partial charge is 0.407 e. The number of hydrogen-bond acceptors (Lipinski definition) is 5. The van der Waals surface area contributed by atoms with Crippen molar-refractivity contribution >= 4 is 74.5 Å². The average molecular weight is 648 g/mol. The van der Waals surface area contributed by atoms with Crippen molar-refractivity contribution < 1.29 is 19.1 Å². The Bertz CT molecular complexity index is 1650. The van der Waals surface area contributed by atoms with Gasteiger partial charge in [0.15, 0.2) is 0 Å². The van der Waals surface area contributed by atoms with E-state index in [2.05, 4.69) is 32.7 Å². The molecule has 0 fully saturated rings. The molecule has 4 rings (SSSR count). The predicted octanol–water partition coefficient (Wildman–Crippen LogP) is 8.88. The molecule has 230 valence electrons. The van der Waals surface area contributed by atoms with Gasteiger partial charge in [-0.25, -0.2) is 9.59 Å². The van der Waals surface area contributed by atoms with Crippen molar-refractivity contribution in [2.45, 2.75) is 59.3 Å². The summed E-state index contributed by atoms with van der Waals surface area (Å²) in [5, 5.41) is 12.6. The van der Waals surface area contributed by atoms with Crippen LogP contribution < -0.4 is 16.0 Å². The maximum Gasteiger partial charge on any atom is 0.407 e. The Hall–Kier alpha value is -3.33. The van der Waals surface area contributed by atoms with Crippen LogP contribution >= 0.6 is 34.8 Å². The van der Waals surface area contributed by atoms with Gasteiger partial charge in [-0.2, -0.15) is 0 Å². The van der Waals surface area contributed by atoms with Crippen LogP contribution in [0, 0.1) is 0 Å². The zero-order chi connectivity index (χ0) is 31.5. The normalized spacial score (nSPS) is 11.9. The molecule has 11 heteroatoms. The van der Waals surface area contributed by atoms with E-state index in [9.17, 15) is 9.59 Å². The number of amides is 2. The molecule has 0 unspecified atom stereocenters. The Labute approximate surface area is 266 Å². The first-order valence-corrected chi connectivity index (χ1v) is 15.1. The third-order valence-electron chi connectivity index (χ3n) is 6.31. The summed E-state index contributed by atoms with van der Waals surface area (Å²) in [4.78, 5) is 24.5. The van der Waals surface area contributed by atoms with Crippen LogP contribution in [0.1, 0.15) is 41.5 Å². The standard InChI is InChI=1S/C32H37Cl3N4O4/c1-31(2,3)42-29(40)37-12-11-36-26-18-28-23(17-21(26)19-7-9-24(34)25(35)15-19)22-16-20(33)8-10-27(22)39(28)14-13-38-30(41)43-32(4,5)6/h7-10,15-18,36H,11-14H2,1-6H3,(H,37,40)(H,38,41). The van der Waals surface area contributed by atoms with E-state index in [1.165, 1.54) is 0 Å². The van der Waals surface area contributed by atoms with Gasteiger partial charge in [0, 0.05) is 58.7 Å². The van der Waals surface area contributed by atoms with Gasteiger partial charge in [-0.05, 0) is 89.6 Å². The number of fused-ring (bicyclic) bond motifs is 3. The van der Waals surface area contributed by atoms with E-state index in [1.807, 2.05) is 71.9 Å². The van der Waals surface area contributed by atoms with Gasteiger partial charge in [0.25, 0.3) is 0 Å². The van der Waals surface area contributed by atoms with Crippen LogP contribution in [0.2, 0.25) is 15.1 Å². The summed E-state index contributed by atoms with van der Waals surface area (Å²) in [5.74, 6) is 0. The van der Waals surface area contributed by atoms with Crippen molar-refractivity contribution in [1.29, 1.82) is 0 Å². The first-order valence-electron chi connectivity index (χ1n) is 14.0.